The molecule has 0 saturated heterocycles. The Morgan fingerprint density at radius 2 is 1.82 bits per heavy atom. The highest BCUT2D eigenvalue weighted by molar-refractivity contribution is 6.06. The van der Waals surface area contributed by atoms with Crippen molar-refractivity contribution in [3.05, 3.63) is 102 Å². The molecule has 0 aliphatic carbocycles. The Kier molecular flexibility index (Phi) is 6.83. The minimum atomic E-state index is -0.116. The number of aromatic nitrogens is 2. The van der Waals surface area contributed by atoms with Crippen LogP contribution < -0.4 is 5.32 Å². The summed E-state index contributed by atoms with van der Waals surface area (Å²) in [4.78, 5) is 32.2. The minimum Gasteiger partial charge on any atom is -0.351 e. The van der Waals surface area contributed by atoms with Gasteiger partial charge in [-0.2, -0.15) is 0 Å². The van der Waals surface area contributed by atoms with E-state index in [0.29, 0.717) is 30.6 Å². The highest BCUT2D eigenvalue weighted by atomic mass is 16.2. The number of aryl methyl sites for hydroxylation is 1. The minimum absolute atomic E-state index is 0.0525. The van der Waals surface area contributed by atoms with E-state index in [0.717, 1.165) is 16.5 Å². The van der Waals surface area contributed by atoms with Crippen LogP contribution in [0.4, 0.5) is 0 Å². The standard InChI is InChI=1S/C27H28N4O2/c1-30-18-8-14-25(30)26(32)29-17-15-21(19-20-9-4-3-5-10-20)31(2)27(33)23-11-6-13-24-22(23)12-7-16-28-24/h3-14,16,18,21H,15,17,19H2,1-2H3,(H,29,32)/t21-/m1/s1. The molecule has 0 radical (unpaired) electrons. The van der Waals surface area contributed by atoms with E-state index in [2.05, 4.69) is 22.4 Å². The van der Waals surface area contributed by atoms with Gasteiger partial charge in [0.15, 0.2) is 0 Å². The molecule has 2 amide bonds. The molecule has 2 aromatic carbocycles. The summed E-state index contributed by atoms with van der Waals surface area (Å²) in [5.41, 5.74) is 3.19. The van der Waals surface area contributed by atoms with Gasteiger partial charge in [-0.05, 0) is 48.7 Å². The molecule has 4 rings (SSSR count). The number of carbonyl (C=O) groups is 2. The summed E-state index contributed by atoms with van der Waals surface area (Å²) in [7, 11) is 3.68. The predicted octanol–water partition coefficient (Wildman–Crippen LogP) is 4.08. The van der Waals surface area contributed by atoms with Crippen molar-refractivity contribution >= 4 is 22.7 Å². The highest BCUT2D eigenvalue weighted by Gasteiger charge is 2.23. The summed E-state index contributed by atoms with van der Waals surface area (Å²) in [6, 6.07) is 23.1. The highest BCUT2D eigenvalue weighted by Crippen LogP contribution is 2.20. The van der Waals surface area contributed by atoms with Crippen molar-refractivity contribution in [2.24, 2.45) is 7.05 Å². The third-order valence-electron chi connectivity index (χ3n) is 6.00. The molecule has 4 aromatic rings. The molecular formula is C27H28N4O2. The lowest BCUT2D eigenvalue weighted by Gasteiger charge is -2.29. The van der Waals surface area contributed by atoms with E-state index in [-0.39, 0.29) is 17.9 Å². The van der Waals surface area contributed by atoms with Crippen LogP contribution in [0.1, 0.15) is 32.8 Å². The quantitative estimate of drug-likeness (QED) is 0.449. The van der Waals surface area contributed by atoms with Crippen molar-refractivity contribution in [2.45, 2.75) is 18.9 Å². The Morgan fingerprint density at radius 1 is 1.00 bits per heavy atom. The smallest absolute Gasteiger partial charge is 0.267 e. The van der Waals surface area contributed by atoms with Crippen molar-refractivity contribution in [1.82, 2.24) is 19.8 Å². The van der Waals surface area contributed by atoms with E-state index in [1.807, 2.05) is 74.9 Å². The maximum atomic E-state index is 13.5. The first-order valence-corrected chi connectivity index (χ1v) is 11.1. The molecular weight excluding hydrogens is 412 g/mol. The van der Waals surface area contributed by atoms with Crippen LogP contribution in [0.5, 0.6) is 0 Å². The lowest BCUT2D eigenvalue weighted by molar-refractivity contribution is 0.0724. The zero-order chi connectivity index (χ0) is 23.2. The molecule has 0 aliphatic heterocycles. The lowest BCUT2D eigenvalue weighted by atomic mass is 10.00. The van der Waals surface area contributed by atoms with E-state index in [1.54, 1.807) is 21.7 Å². The number of benzene rings is 2. The molecule has 6 heteroatoms. The Morgan fingerprint density at radius 3 is 2.58 bits per heavy atom. The van der Waals surface area contributed by atoms with Gasteiger partial charge in [-0.1, -0.05) is 42.5 Å². The van der Waals surface area contributed by atoms with Gasteiger partial charge in [-0.25, -0.2) is 0 Å². The molecule has 0 spiro atoms. The number of nitrogens with zero attached hydrogens (tertiary/aromatic N) is 3. The first kappa shape index (κ1) is 22.3. The predicted molar refractivity (Wildman–Crippen MR) is 130 cm³/mol. The summed E-state index contributed by atoms with van der Waals surface area (Å²) in [5.74, 6) is -0.168. The molecule has 33 heavy (non-hydrogen) atoms. The lowest BCUT2D eigenvalue weighted by Crippen LogP contribution is -2.41. The third-order valence-corrected chi connectivity index (χ3v) is 6.00. The Balaban J connectivity index is 1.52. The molecule has 0 fully saturated rings. The van der Waals surface area contributed by atoms with E-state index >= 15 is 0 Å². The van der Waals surface area contributed by atoms with Gasteiger partial charge in [0.05, 0.1) is 5.52 Å². The van der Waals surface area contributed by atoms with Crippen LogP contribution in [-0.2, 0) is 13.5 Å². The van der Waals surface area contributed by atoms with Crippen LogP contribution in [-0.4, -0.2) is 45.9 Å². The molecule has 1 atom stereocenters. The van der Waals surface area contributed by atoms with Crippen molar-refractivity contribution < 1.29 is 9.59 Å². The zero-order valence-electron chi connectivity index (χ0n) is 18.9. The van der Waals surface area contributed by atoms with Crippen LogP contribution in [0, 0.1) is 0 Å². The van der Waals surface area contributed by atoms with E-state index in [1.165, 1.54) is 0 Å². The topological polar surface area (TPSA) is 67.2 Å². The van der Waals surface area contributed by atoms with Gasteiger partial charge in [0.25, 0.3) is 11.8 Å². The number of hydrogen-bond acceptors (Lipinski definition) is 3. The zero-order valence-corrected chi connectivity index (χ0v) is 18.9. The normalized spacial score (nSPS) is 11.8. The van der Waals surface area contributed by atoms with Gasteiger partial charge >= 0.3 is 0 Å². The van der Waals surface area contributed by atoms with Gasteiger partial charge < -0.3 is 14.8 Å². The van der Waals surface area contributed by atoms with Gasteiger partial charge in [-0.3, -0.25) is 14.6 Å². The molecule has 2 heterocycles. The number of rotatable bonds is 8. The van der Waals surface area contributed by atoms with Crippen LogP contribution in [0.15, 0.2) is 85.2 Å². The van der Waals surface area contributed by atoms with Gasteiger partial charge in [0, 0.05) is 50.0 Å². The number of carbonyl (C=O) groups excluding carboxylic acids is 2. The van der Waals surface area contributed by atoms with E-state index in [9.17, 15) is 9.59 Å². The van der Waals surface area contributed by atoms with Crippen molar-refractivity contribution in [3.8, 4) is 0 Å². The molecule has 0 bridgehead atoms. The average Bonchev–Trinajstić information content (AvgIpc) is 3.28. The van der Waals surface area contributed by atoms with Crippen molar-refractivity contribution in [2.75, 3.05) is 13.6 Å². The number of pyridine rings is 1. The molecule has 1 N–H and O–H groups in total. The maximum Gasteiger partial charge on any atom is 0.267 e. The molecule has 168 valence electrons. The summed E-state index contributed by atoms with van der Waals surface area (Å²) < 4.78 is 1.79. The van der Waals surface area contributed by atoms with Gasteiger partial charge in [-0.15, -0.1) is 0 Å². The molecule has 6 nitrogen and oxygen atoms in total. The van der Waals surface area contributed by atoms with Gasteiger partial charge in [0.1, 0.15) is 5.69 Å². The summed E-state index contributed by atoms with van der Waals surface area (Å²) in [5, 5.41) is 3.84. The molecule has 0 aliphatic rings. The molecule has 2 aromatic heterocycles. The fourth-order valence-corrected chi connectivity index (χ4v) is 4.10. The van der Waals surface area contributed by atoms with E-state index < -0.39 is 0 Å². The summed E-state index contributed by atoms with van der Waals surface area (Å²) >= 11 is 0. The summed E-state index contributed by atoms with van der Waals surface area (Å²) in [6.45, 7) is 0.468. The van der Waals surface area contributed by atoms with Crippen LogP contribution in [0.25, 0.3) is 10.9 Å². The molecule has 0 unspecified atom stereocenters. The van der Waals surface area contributed by atoms with Crippen molar-refractivity contribution in [3.63, 3.8) is 0 Å². The second-order valence-electron chi connectivity index (χ2n) is 8.18. The Bertz CT molecular complexity index is 1240. The number of fused-ring (bicyclic) bond motifs is 1. The first-order valence-electron chi connectivity index (χ1n) is 11.1. The van der Waals surface area contributed by atoms with E-state index in [4.69, 9.17) is 0 Å². The fraction of sp³-hybridized carbons (Fsp3) is 0.222. The third kappa shape index (κ3) is 5.12. The van der Waals surface area contributed by atoms with Crippen LogP contribution in [0.2, 0.25) is 0 Å². The first-order chi connectivity index (χ1) is 16.0. The number of nitrogens with one attached hydrogen (secondary N) is 1. The number of hydrogen-bond donors (Lipinski definition) is 1. The molecule has 0 saturated carbocycles. The SMILES string of the molecule is CN(C(=O)c1cccc2ncccc12)[C@H](CCNC(=O)c1cccn1C)Cc1ccccc1. The Hall–Kier alpha value is -3.93. The second-order valence-corrected chi connectivity index (χ2v) is 8.18. The number of amides is 2. The average molecular weight is 441 g/mol. The second kappa shape index (κ2) is 10.1. The van der Waals surface area contributed by atoms with Gasteiger partial charge in [0.2, 0.25) is 0 Å². The monoisotopic (exact) mass is 440 g/mol. The largest absolute Gasteiger partial charge is 0.351 e. The van der Waals surface area contributed by atoms with Crippen molar-refractivity contribution in [1.29, 1.82) is 0 Å². The maximum absolute atomic E-state index is 13.5. The fourth-order valence-electron chi connectivity index (χ4n) is 4.10. The van der Waals surface area contributed by atoms with Crippen LogP contribution >= 0.6 is 0 Å². The number of likely N-dealkylation sites (N-methyl/N-ethyl adjacent to an activating group) is 1. The van der Waals surface area contributed by atoms with Crippen LogP contribution in [0.3, 0.4) is 0 Å². The Labute approximate surface area is 193 Å². The summed E-state index contributed by atoms with van der Waals surface area (Å²) in [6.07, 6.45) is 4.91.